The lowest BCUT2D eigenvalue weighted by atomic mass is 9.80. The molecule has 0 saturated carbocycles. The maximum Gasteiger partial charge on any atom is 0.416 e. The molecule has 1 saturated heterocycles. The normalized spacial score (nSPS) is 20.6. The number of likely N-dealkylation sites (tertiary alicyclic amines) is 1. The van der Waals surface area contributed by atoms with Gasteiger partial charge in [-0.25, -0.2) is 0 Å². The molecule has 0 amide bonds. The average molecular weight is 391 g/mol. The molecule has 26 heavy (non-hydrogen) atoms. The highest BCUT2D eigenvalue weighted by Gasteiger charge is 2.34. The maximum absolute atomic E-state index is 12.8. The minimum atomic E-state index is -4.40. The summed E-state index contributed by atoms with van der Waals surface area (Å²) in [6.45, 7) is 6.32. The first-order chi connectivity index (χ1) is 11.6. The SMILES string of the molecule is CC1(C)CN(Cc2nc(-c3cccc(C(F)(F)F)c3)no2)CCC1N.Cl. The molecule has 144 valence electrons. The highest BCUT2D eigenvalue weighted by molar-refractivity contribution is 5.85. The number of nitrogens with two attached hydrogens (primary N) is 1. The van der Waals surface area contributed by atoms with Gasteiger partial charge in [0.25, 0.3) is 0 Å². The second kappa shape index (κ2) is 7.54. The quantitative estimate of drug-likeness (QED) is 0.864. The van der Waals surface area contributed by atoms with Gasteiger partial charge in [-0.3, -0.25) is 4.90 Å². The molecule has 2 aromatic rings. The minimum absolute atomic E-state index is 0. The molecule has 3 rings (SSSR count). The van der Waals surface area contributed by atoms with Crippen molar-refractivity contribution in [3.8, 4) is 11.4 Å². The molecule has 1 aliphatic rings. The zero-order valence-electron chi connectivity index (χ0n) is 14.6. The van der Waals surface area contributed by atoms with Crippen molar-refractivity contribution in [1.29, 1.82) is 0 Å². The Morgan fingerprint density at radius 1 is 1.35 bits per heavy atom. The van der Waals surface area contributed by atoms with Crippen molar-refractivity contribution in [2.24, 2.45) is 11.1 Å². The Bertz CT molecular complexity index is 748. The van der Waals surface area contributed by atoms with Crippen molar-refractivity contribution >= 4 is 12.4 Å². The first-order valence-electron chi connectivity index (χ1n) is 8.13. The number of nitrogens with zero attached hydrogens (tertiary/aromatic N) is 3. The summed E-state index contributed by atoms with van der Waals surface area (Å²) in [4.78, 5) is 6.42. The molecule has 2 heterocycles. The molecule has 0 spiro atoms. The molecular weight excluding hydrogens is 369 g/mol. The molecule has 2 N–H and O–H groups in total. The fraction of sp³-hybridized carbons (Fsp3) is 0.529. The molecule has 0 bridgehead atoms. The van der Waals surface area contributed by atoms with Gasteiger partial charge in [0, 0.05) is 24.7 Å². The van der Waals surface area contributed by atoms with Gasteiger partial charge in [0.15, 0.2) is 0 Å². The lowest BCUT2D eigenvalue weighted by molar-refractivity contribution is -0.137. The van der Waals surface area contributed by atoms with Gasteiger partial charge >= 0.3 is 6.18 Å². The Balaban J connectivity index is 0.00000243. The molecule has 5 nitrogen and oxygen atoms in total. The van der Waals surface area contributed by atoms with Gasteiger partial charge in [-0.15, -0.1) is 12.4 Å². The Labute approximate surface area is 156 Å². The number of alkyl halides is 3. The molecule has 1 aliphatic heterocycles. The number of hydrogen-bond acceptors (Lipinski definition) is 5. The van der Waals surface area contributed by atoms with E-state index in [1.54, 1.807) is 0 Å². The molecule has 1 atom stereocenters. The summed E-state index contributed by atoms with van der Waals surface area (Å²) >= 11 is 0. The minimum Gasteiger partial charge on any atom is -0.338 e. The summed E-state index contributed by atoms with van der Waals surface area (Å²) in [6, 6.07) is 5.06. The Hall–Kier alpha value is -1.64. The second-order valence-electron chi connectivity index (χ2n) is 7.18. The topological polar surface area (TPSA) is 68.2 Å². The molecule has 9 heteroatoms. The third-order valence-corrected chi connectivity index (χ3v) is 4.67. The predicted octanol–water partition coefficient (Wildman–Crippen LogP) is 3.74. The first-order valence-corrected chi connectivity index (χ1v) is 8.13. The molecule has 1 fully saturated rings. The third-order valence-electron chi connectivity index (χ3n) is 4.67. The average Bonchev–Trinajstić information content (AvgIpc) is 2.98. The van der Waals surface area contributed by atoms with Crippen molar-refractivity contribution in [3.63, 3.8) is 0 Å². The van der Waals surface area contributed by atoms with Gasteiger partial charge in [-0.1, -0.05) is 31.1 Å². The van der Waals surface area contributed by atoms with Crippen LogP contribution in [0.25, 0.3) is 11.4 Å². The van der Waals surface area contributed by atoms with Crippen molar-refractivity contribution < 1.29 is 17.7 Å². The molecule has 0 radical (unpaired) electrons. The van der Waals surface area contributed by atoms with E-state index in [0.717, 1.165) is 31.6 Å². The number of hydrogen-bond donors (Lipinski definition) is 1. The third kappa shape index (κ3) is 4.55. The van der Waals surface area contributed by atoms with E-state index in [0.29, 0.717) is 12.4 Å². The fourth-order valence-corrected chi connectivity index (χ4v) is 3.08. The number of benzene rings is 1. The molecule has 1 aromatic carbocycles. The number of halogens is 4. The van der Waals surface area contributed by atoms with E-state index >= 15 is 0 Å². The predicted molar refractivity (Wildman–Crippen MR) is 93.6 cm³/mol. The standard InChI is InChI=1S/C17H21F3N4O.ClH/c1-16(2)10-24(7-6-13(16)21)9-14-22-15(23-25-14)11-4-3-5-12(8-11)17(18,19)20;/h3-5,8,13H,6-7,9-10,21H2,1-2H3;1H. The maximum atomic E-state index is 12.8. The van der Waals surface area contributed by atoms with Gasteiger partial charge in [0.2, 0.25) is 11.7 Å². The number of rotatable bonds is 3. The van der Waals surface area contributed by atoms with E-state index in [9.17, 15) is 13.2 Å². The summed E-state index contributed by atoms with van der Waals surface area (Å²) in [5, 5.41) is 3.82. The van der Waals surface area contributed by atoms with Gasteiger partial charge < -0.3 is 10.3 Å². The Kier molecular flexibility index (Phi) is 5.99. The zero-order chi connectivity index (χ0) is 18.2. The second-order valence-corrected chi connectivity index (χ2v) is 7.18. The van der Waals surface area contributed by atoms with Gasteiger partial charge in [-0.05, 0) is 24.0 Å². The van der Waals surface area contributed by atoms with E-state index in [-0.39, 0.29) is 35.3 Å². The molecular formula is C17H22ClF3N4O. The van der Waals surface area contributed by atoms with Crippen molar-refractivity contribution in [3.05, 3.63) is 35.7 Å². The van der Waals surface area contributed by atoms with Crippen LogP contribution in [-0.2, 0) is 12.7 Å². The van der Waals surface area contributed by atoms with Crippen LogP contribution < -0.4 is 5.73 Å². The number of piperidine rings is 1. The lowest BCUT2D eigenvalue weighted by Crippen LogP contribution is -2.52. The van der Waals surface area contributed by atoms with E-state index in [1.165, 1.54) is 12.1 Å². The summed E-state index contributed by atoms with van der Waals surface area (Å²) in [5.74, 6) is 0.549. The van der Waals surface area contributed by atoms with Gasteiger partial charge in [0.05, 0.1) is 12.1 Å². The number of aromatic nitrogens is 2. The van der Waals surface area contributed by atoms with E-state index in [1.807, 2.05) is 0 Å². The van der Waals surface area contributed by atoms with Crippen LogP contribution in [0, 0.1) is 5.41 Å². The lowest BCUT2D eigenvalue weighted by Gasteiger charge is -2.42. The summed E-state index contributed by atoms with van der Waals surface area (Å²) in [5.41, 5.74) is 5.67. The Morgan fingerprint density at radius 3 is 2.73 bits per heavy atom. The van der Waals surface area contributed by atoms with Gasteiger partial charge in [-0.2, -0.15) is 18.2 Å². The highest BCUT2D eigenvalue weighted by Crippen LogP contribution is 2.32. The highest BCUT2D eigenvalue weighted by atomic mass is 35.5. The summed E-state index contributed by atoms with van der Waals surface area (Å²) in [6.07, 6.45) is -3.53. The van der Waals surface area contributed by atoms with Crippen LogP contribution in [0.3, 0.4) is 0 Å². The van der Waals surface area contributed by atoms with E-state index < -0.39 is 11.7 Å². The fourth-order valence-electron chi connectivity index (χ4n) is 3.08. The monoisotopic (exact) mass is 390 g/mol. The van der Waals surface area contributed by atoms with Crippen LogP contribution >= 0.6 is 12.4 Å². The van der Waals surface area contributed by atoms with Crippen LogP contribution in [0.5, 0.6) is 0 Å². The smallest absolute Gasteiger partial charge is 0.338 e. The molecule has 1 unspecified atom stereocenters. The Morgan fingerprint density at radius 2 is 2.08 bits per heavy atom. The van der Waals surface area contributed by atoms with E-state index in [4.69, 9.17) is 10.3 Å². The first kappa shape index (κ1) is 20.7. The molecule has 1 aromatic heterocycles. The van der Waals surface area contributed by atoms with Crippen LogP contribution in [0.15, 0.2) is 28.8 Å². The van der Waals surface area contributed by atoms with E-state index in [2.05, 4.69) is 28.9 Å². The van der Waals surface area contributed by atoms with Crippen molar-refractivity contribution in [1.82, 2.24) is 15.0 Å². The van der Waals surface area contributed by atoms with Crippen LogP contribution in [0.1, 0.15) is 31.7 Å². The van der Waals surface area contributed by atoms with Crippen LogP contribution in [-0.4, -0.2) is 34.2 Å². The van der Waals surface area contributed by atoms with Gasteiger partial charge in [0.1, 0.15) is 0 Å². The van der Waals surface area contributed by atoms with Crippen molar-refractivity contribution in [2.45, 2.75) is 39.0 Å². The molecule has 0 aliphatic carbocycles. The summed E-state index contributed by atoms with van der Waals surface area (Å²) < 4.78 is 43.7. The zero-order valence-corrected chi connectivity index (χ0v) is 15.4. The summed E-state index contributed by atoms with van der Waals surface area (Å²) in [7, 11) is 0. The van der Waals surface area contributed by atoms with Crippen LogP contribution in [0.4, 0.5) is 13.2 Å². The van der Waals surface area contributed by atoms with Crippen molar-refractivity contribution in [2.75, 3.05) is 13.1 Å². The largest absolute Gasteiger partial charge is 0.416 e. The van der Waals surface area contributed by atoms with Crippen LogP contribution in [0.2, 0.25) is 0 Å².